The Kier molecular flexibility index (Phi) is 9.73. The number of carbonyl (C=O) groups excluding carboxylic acids is 1. The Morgan fingerprint density at radius 3 is 2.07 bits per heavy atom. The predicted molar refractivity (Wildman–Crippen MR) is 155 cm³/mol. The number of nitrogens with zero attached hydrogens (tertiary/aromatic N) is 1. The molecule has 4 rings (SSSR count). The van der Waals surface area contributed by atoms with Gasteiger partial charge in [0.1, 0.15) is 17.7 Å². The molecule has 46 heavy (non-hydrogen) atoms. The van der Waals surface area contributed by atoms with Gasteiger partial charge >= 0.3 is 18.4 Å². The third-order valence-corrected chi connectivity index (χ3v) is 9.73. The summed E-state index contributed by atoms with van der Waals surface area (Å²) in [5, 5.41) is 0. The first-order valence-electron chi connectivity index (χ1n) is 14.3. The molecule has 0 aliphatic carbocycles. The lowest BCUT2D eigenvalue weighted by atomic mass is 9.93. The number of rotatable bonds is 9. The summed E-state index contributed by atoms with van der Waals surface area (Å²) in [6.07, 6.45) is -12.4. The molecule has 0 N–H and O–H groups in total. The van der Waals surface area contributed by atoms with Crippen molar-refractivity contribution in [1.29, 1.82) is 0 Å². The number of alkyl halides is 6. The summed E-state index contributed by atoms with van der Waals surface area (Å²) >= 11 is 0. The van der Waals surface area contributed by atoms with Crippen LogP contribution in [-0.2, 0) is 33.5 Å². The third kappa shape index (κ3) is 7.11. The molecule has 6 nitrogen and oxygen atoms in total. The number of sulfone groups is 1. The highest BCUT2D eigenvalue weighted by Crippen LogP contribution is 2.43. The van der Waals surface area contributed by atoms with E-state index in [9.17, 15) is 43.9 Å². The van der Waals surface area contributed by atoms with Gasteiger partial charge in [0, 0.05) is 11.6 Å². The van der Waals surface area contributed by atoms with Gasteiger partial charge in [-0.25, -0.2) is 17.6 Å². The van der Waals surface area contributed by atoms with Crippen molar-refractivity contribution in [2.45, 2.75) is 76.0 Å². The van der Waals surface area contributed by atoms with Crippen molar-refractivity contribution >= 4 is 15.9 Å². The van der Waals surface area contributed by atoms with Crippen LogP contribution in [0.25, 0.3) is 11.1 Å². The van der Waals surface area contributed by atoms with E-state index in [4.69, 9.17) is 9.47 Å². The molecule has 0 spiro atoms. The van der Waals surface area contributed by atoms with E-state index in [0.717, 1.165) is 4.90 Å². The lowest BCUT2D eigenvalue weighted by Gasteiger charge is -2.24. The van der Waals surface area contributed by atoms with E-state index in [1.54, 1.807) is 26.8 Å². The van der Waals surface area contributed by atoms with Gasteiger partial charge in [-0.15, -0.1) is 0 Å². The first kappa shape index (κ1) is 35.1. The average Bonchev–Trinajstić information content (AvgIpc) is 3.24. The maximum atomic E-state index is 14.9. The van der Waals surface area contributed by atoms with Crippen molar-refractivity contribution < 1.29 is 53.4 Å². The Balaban J connectivity index is 1.84. The second-order valence-corrected chi connectivity index (χ2v) is 13.5. The molecule has 3 aromatic rings. The van der Waals surface area contributed by atoms with Crippen LogP contribution < -0.4 is 4.74 Å². The van der Waals surface area contributed by atoms with Crippen LogP contribution in [0.5, 0.6) is 5.75 Å². The van der Waals surface area contributed by atoms with Crippen molar-refractivity contribution in [3.8, 4) is 16.9 Å². The smallest absolute Gasteiger partial charge is 0.416 e. The molecule has 250 valence electrons. The van der Waals surface area contributed by atoms with E-state index in [1.165, 1.54) is 38.3 Å². The van der Waals surface area contributed by atoms with Gasteiger partial charge in [0.15, 0.2) is 9.84 Å². The van der Waals surface area contributed by atoms with Gasteiger partial charge in [0.25, 0.3) is 0 Å². The standard InChI is InChI=1S/C32H32F7NO5S/c1-6-9-46(42,43)23-7-8-24(26-14-25(17(2)3)27(33)15-28(26)44-5)20(12-23)16-40-18(4)29(45-30(40)41)19-10-21(31(34,35)36)13-22(11-19)32(37,38)39/h7-8,10-15,17-18,29H,6,9,16H2,1-5H3/t18-,29-/m0/s1. The van der Waals surface area contributed by atoms with Gasteiger partial charge in [-0.1, -0.05) is 26.8 Å². The van der Waals surface area contributed by atoms with Gasteiger partial charge in [0.2, 0.25) is 0 Å². The number of amides is 1. The number of hydrogen-bond acceptors (Lipinski definition) is 5. The maximum Gasteiger partial charge on any atom is 0.416 e. The number of halogens is 7. The number of benzene rings is 3. The molecule has 1 fully saturated rings. The molecule has 0 unspecified atom stereocenters. The van der Waals surface area contributed by atoms with Gasteiger partial charge in [-0.2, -0.15) is 26.3 Å². The quantitative estimate of drug-likeness (QED) is 0.212. The van der Waals surface area contributed by atoms with E-state index in [1.807, 2.05) is 0 Å². The Morgan fingerprint density at radius 2 is 1.54 bits per heavy atom. The molecular weight excluding hydrogens is 643 g/mol. The molecule has 1 aliphatic heterocycles. The molecular formula is C32H32F7NO5S. The van der Waals surface area contributed by atoms with Crippen LogP contribution in [0, 0.1) is 5.82 Å². The number of hydrogen-bond donors (Lipinski definition) is 0. The third-order valence-electron chi connectivity index (χ3n) is 7.81. The van der Waals surface area contributed by atoms with Gasteiger partial charge in [0.05, 0.1) is 41.5 Å². The highest BCUT2D eigenvalue weighted by Gasteiger charge is 2.43. The Labute approximate surface area is 262 Å². The average molecular weight is 676 g/mol. The zero-order valence-corrected chi connectivity index (χ0v) is 26.3. The van der Waals surface area contributed by atoms with Crippen molar-refractivity contribution in [1.82, 2.24) is 4.90 Å². The van der Waals surface area contributed by atoms with E-state index >= 15 is 0 Å². The minimum Gasteiger partial charge on any atom is -0.496 e. The maximum absolute atomic E-state index is 14.9. The molecule has 1 amide bonds. The molecule has 14 heteroatoms. The molecule has 1 aliphatic rings. The van der Waals surface area contributed by atoms with Crippen molar-refractivity contribution in [3.05, 3.63) is 82.2 Å². The molecule has 3 aromatic carbocycles. The van der Waals surface area contributed by atoms with Crippen LogP contribution in [0.2, 0.25) is 0 Å². The first-order valence-corrected chi connectivity index (χ1v) is 15.9. The fourth-order valence-electron chi connectivity index (χ4n) is 5.42. The lowest BCUT2D eigenvalue weighted by molar-refractivity contribution is -0.143. The zero-order chi connectivity index (χ0) is 34.4. The molecule has 0 saturated carbocycles. The van der Waals surface area contributed by atoms with Crippen LogP contribution in [0.1, 0.15) is 74.0 Å². The highest BCUT2D eigenvalue weighted by molar-refractivity contribution is 7.91. The fraction of sp³-hybridized carbons (Fsp3) is 0.406. The van der Waals surface area contributed by atoms with Crippen LogP contribution in [0.4, 0.5) is 35.5 Å². The zero-order valence-electron chi connectivity index (χ0n) is 25.5. The minimum atomic E-state index is -5.11. The van der Waals surface area contributed by atoms with E-state index in [0.29, 0.717) is 35.2 Å². The van der Waals surface area contributed by atoms with Crippen LogP contribution in [0.15, 0.2) is 53.4 Å². The Bertz CT molecular complexity index is 1700. The van der Waals surface area contributed by atoms with E-state index < -0.39 is 62.9 Å². The second kappa shape index (κ2) is 12.8. The summed E-state index contributed by atoms with van der Waals surface area (Å²) in [5.74, 6) is -0.838. The number of ether oxygens (including phenoxy) is 2. The highest BCUT2D eigenvalue weighted by atomic mass is 32.2. The van der Waals surface area contributed by atoms with Crippen LogP contribution in [0.3, 0.4) is 0 Å². The van der Waals surface area contributed by atoms with E-state index in [2.05, 4.69) is 0 Å². The minimum absolute atomic E-state index is 0.0152. The summed E-state index contributed by atoms with van der Waals surface area (Å²) in [7, 11) is -2.45. The molecule has 0 aromatic heterocycles. The lowest BCUT2D eigenvalue weighted by Crippen LogP contribution is -2.31. The first-order chi connectivity index (χ1) is 21.3. The number of methoxy groups -OCH3 is 1. The monoisotopic (exact) mass is 675 g/mol. The van der Waals surface area contributed by atoms with Crippen molar-refractivity contribution in [2.24, 2.45) is 0 Å². The summed E-state index contributed by atoms with van der Waals surface area (Å²) < 4.78 is 133. The number of cyclic esters (lactones) is 1. The summed E-state index contributed by atoms with van der Waals surface area (Å²) in [5.41, 5.74) is -2.28. The second-order valence-electron chi connectivity index (χ2n) is 11.4. The summed E-state index contributed by atoms with van der Waals surface area (Å²) in [6.45, 7) is 6.29. The summed E-state index contributed by atoms with van der Waals surface area (Å²) in [4.78, 5) is 14.2. The topological polar surface area (TPSA) is 72.9 Å². The van der Waals surface area contributed by atoms with Crippen LogP contribution in [-0.4, -0.2) is 38.3 Å². The Morgan fingerprint density at radius 1 is 0.935 bits per heavy atom. The van der Waals surface area contributed by atoms with Gasteiger partial charge in [-0.05, 0) is 77.9 Å². The number of carbonyl (C=O) groups is 1. The molecule has 0 radical (unpaired) electrons. The molecule has 1 heterocycles. The van der Waals surface area contributed by atoms with Gasteiger partial charge < -0.3 is 9.47 Å². The normalized spacial score (nSPS) is 17.5. The SMILES string of the molecule is CCCS(=O)(=O)c1ccc(-c2cc(C(C)C)c(F)cc2OC)c(CN2C(=O)O[C@H](c3cc(C(F)(F)F)cc(C(F)(F)F)c3)[C@@H]2C)c1. The fourth-order valence-corrected chi connectivity index (χ4v) is 6.79. The van der Waals surface area contributed by atoms with Crippen molar-refractivity contribution in [2.75, 3.05) is 12.9 Å². The predicted octanol–water partition coefficient (Wildman–Crippen LogP) is 8.93. The van der Waals surface area contributed by atoms with Gasteiger partial charge in [-0.3, -0.25) is 4.90 Å². The Hall–Kier alpha value is -3.81. The van der Waals surface area contributed by atoms with Crippen molar-refractivity contribution in [3.63, 3.8) is 0 Å². The van der Waals surface area contributed by atoms with E-state index in [-0.39, 0.29) is 40.5 Å². The molecule has 0 bridgehead atoms. The molecule has 1 saturated heterocycles. The molecule has 2 atom stereocenters. The van der Waals surface area contributed by atoms with Crippen LogP contribution >= 0.6 is 0 Å². The summed E-state index contributed by atoms with van der Waals surface area (Å²) in [6, 6.07) is 6.86. The largest absolute Gasteiger partial charge is 0.496 e.